The van der Waals surface area contributed by atoms with E-state index in [2.05, 4.69) is 4.98 Å². The Hall–Kier alpha value is -1.33. The number of halogens is 1. The molecular formula is C10H11ClN2O3. The van der Waals surface area contributed by atoms with Crippen LogP contribution in [0.25, 0.3) is 0 Å². The van der Waals surface area contributed by atoms with Gasteiger partial charge in [-0.1, -0.05) is 11.6 Å². The van der Waals surface area contributed by atoms with Gasteiger partial charge in [0.25, 0.3) is 0 Å². The number of hydrogen-bond acceptors (Lipinski definition) is 4. The minimum absolute atomic E-state index is 0.0333. The Bertz CT molecular complexity index is 405. The number of nitrogens with zero attached hydrogens (tertiary/aromatic N) is 2. The average Bonchev–Trinajstić information content (AvgIpc) is 2.29. The van der Waals surface area contributed by atoms with Gasteiger partial charge in [0.15, 0.2) is 5.69 Å². The SMILES string of the molecule is O=C(O)c1cc(N2CCOCC2)cc(Cl)n1. The highest BCUT2D eigenvalue weighted by Crippen LogP contribution is 2.20. The van der Waals surface area contributed by atoms with Crippen molar-refractivity contribution in [2.75, 3.05) is 31.2 Å². The average molecular weight is 243 g/mol. The highest BCUT2D eigenvalue weighted by molar-refractivity contribution is 6.29. The van der Waals surface area contributed by atoms with Crippen molar-refractivity contribution in [2.45, 2.75) is 0 Å². The Morgan fingerprint density at radius 3 is 2.75 bits per heavy atom. The summed E-state index contributed by atoms with van der Waals surface area (Å²) in [6.45, 7) is 2.75. The van der Waals surface area contributed by atoms with Gasteiger partial charge in [-0.25, -0.2) is 9.78 Å². The molecule has 6 heteroatoms. The normalized spacial score (nSPS) is 16.2. The van der Waals surface area contributed by atoms with Gasteiger partial charge in [0.2, 0.25) is 0 Å². The van der Waals surface area contributed by atoms with E-state index in [0.717, 1.165) is 18.8 Å². The summed E-state index contributed by atoms with van der Waals surface area (Å²) in [5, 5.41) is 9.06. The molecule has 1 saturated heterocycles. The molecule has 0 saturated carbocycles. The van der Waals surface area contributed by atoms with Crippen molar-refractivity contribution in [3.05, 3.63) is 23.0 Å². The summed E-state index contributed by atoms with van der Waals surface area (Å²) in [6.07, 6.45) is 0. The summed E-state index contributed by atoms with van der Waals surface area (Å²) in [6, 6.07) is 3.19. The second-order valence-electron chi connectivity index (χ2n) is 3.44. The zero-order chi connectivity index (χ0) is 11.5. The van der Waals surface area contributed by atoms with E-state index < -0.39 is 5.97 Å². The Balaban J connectivity index is 2.28. The number of pyridine rings is 1. The third-order valence-electron chi connectivity index (χ3n) is 2.37. The van der Waals surface area contributed by atoms with Crippen LogP contribution in [0.1, 0.15) is 10.5 Å². The fraction of sp³-hybridized carbons (Fsp3) is 0.400. The largest absolute Gasteiger partial charge is 0.477 e. The van der Waals surface area contributed by atoms with E-state index in [1.165, 1.54) is 6.07 Å². The van der Waals surface area contributed by atoms with Crippen molar-refractivity contribution < 1.29 is 14.6 Å². The third-order valence-corrected chi connectivity index (χ3v) is 2.57. The standard InChI is InChI=1S/C10H11ClN2O3/c11-9-6-7(5-8(12-9)10(14)15)13-1-3-16-4-2-13/h5-6H,1-4H2,(H,14,15). The number of anilines is 1. The van der Waals surface area contributed by atoms with E-state index in [1.807, 2.05) is 4.90 Å². The van der Waals surface area contributed by atoms with Crippen LogP contribution < -0.4 is 4.90 Å². The minimum atomic E-state index is -1.07. The van der Waals surface area contributed by atoms with Crippen molar-refractivity contribution in [1.29, 1.82) is 0 Å². The lowest BCUT2D eigenvalue weighted by Crippen LogP contribution is -2.36. The van der Waals surface area contributed by atoms with Gasteiger partial charge in [-0.05, 0) is 12.1 Å². The predicted octanol–water partition coefficient (Wildman–Crippen LogP) is 1.27. The Morgan fingerprint density at radius 1 is 1.44 bits per heavy atom. The lowest BCUT2D eigenvalue weighted by molar-refractivity contribution is 0.0690. The molecule has 86 valence electrons. The molecule has 0 spiro atoms. The number of aromatic nitrogens is 1. The third kappa shape index (κ3) is 2.43. The van der Waals surface area contributed by atoms with Crippen molar-refractivity contribution in [1.82, 2.24) is 4.98 Å². The smallest absolute Gasteiger partial charge is 0.354 e. The molecule has 1 aliphatic rings. The van der Waals surface area contributed by atoms with Crippen LogP contribution in [0.2, 0.25) is 5.15 Å². The second-order valence-corrected chi connectivity index (χ2v) is 3.83. The van der Waals surface area contributed by atoms with Crippen LogP contribution in [-0.2, 0) is 4.74 Å². The molecule has 1 fully saturated rings. The number of carboxylic acids is 1. The maximum absolute atomic E-state index is 10.8. The summed E-state index contributed by atoms with van der Waals surface area (Å²) in [5.74, 6) is -1.07. The highest BCUT2D eigenvalue weighted by atomic mass is 35.5. The molecule has 0 unspecified atom stereocenters. The number of morpholine rings is 1. The van der Waals surface area contributed by atoms with Crippen molar-refractivity contribution >= 4 is 23.3 Å². The topological polar surface area (TPSA) is 62.7 Å². The first kappa shape index (κ1) is 11.2. The molecule has 2 rings (SSSR count). The number of carbonyl (C=O) groups is 1. The van der Waals surface area contributed by atoms with Crippen LogP contribution in [-0.4, -0.2) is 42.4 Å². The van der Waals surface area contributed by atoms with Gasteiger partial charge in [-0.2, -0.15) is 0 Å². The zero-order valence-electron chi connectivity index (χ0n) is 8.52. The maximum atomic E-state index is 10.8. The molecule has 0 aliphatic carbocycles. The van der Waals surface area contributed by atoms with E-state index in [0.29, 0.717) is 13.2 Å². The van der Waals surface area contributed by atoms with Crippen molar-refractivity contribution in [3.63, 3.8) is 0 Å². The Kier molecular flexibility index (Phi) is 3.26. The summed E-state index contributed by atoms with van der Waals surface area (Å²) in [7, 11) is 0. The van der Waals surface area contributed by atoms with Gasteiger partial charge in [-0.3, -0.25) is 0 Å². The molecule has 0 amide bonds. The van der Waals surface area contributed by atoms with Gasteiger partial charge < -0.3 is 14.7 Å². The molecule has 0 aromatic carbocycles. The quantitative estimate of drug-likeness (QED) is 0.792. The van der Waals surface area contributed by atoms with E-state index >= 15 is 0 Å². The van der Waals surface area contributed by atoms with Gasteiger partial charge in [0, 0.05) is 18.8 Å². The lowest BCUT2D eigenvalue weighted by atomic mass is 10.2. The van der Waals surface area contributed by atoms with Crippen LogP contribution in [0, 0.1) is 0 Å². The summed E-state index contributed by atoms with van der Waals surface area (Å²) < 4.78 is 5.22. The van der Waals surface area contributed by atoms with Crippen LogP contribution in [0.4, 0.5) is 5.69 Å². The number of ether oxygens (including phenoxy) is 1. The van der Waals surface area contributed by atoms with Gasteiger partial charge in [0.05, 0.1) is 13.2 Å². The fourth-order valence-corrected chi connectivity index (χ4v) is 1.80. The molecular weight excluding hydrogens is 232 g/mol. The number of rotatable bonds is 2. The van der Waals surface area contributed by atoms with Crippen LogP contribution in [0.15, 0.2) is 12.1 Å². The first-order valence-corrected chi connectivity index (χ1v) is 5.28. The summed E-state index contributed by atoms with van der Waals surface area (Å²) in [4.78, 5) is 16.6. The van der Waals surface area contributed by atoms with Gasteiger partial charge in [-0.15, -0.1) is 0 Å². The minimum Gasteiger partial charge on any atom is -0.477 e. The Morgan fingerprint density at radius 2 is 2.12 bits per heavy atom. The second kappa shape index (κ2) is 4.67. The van der Waals surface area contributed by atoms with Crippen LogP contribution in [0.5, 0.6) is 0 Å². The Labute approximate surface area is 97.6 Å². The van der Waals surface area contributed by atoms with Crippen LogP contribution in [0.3, 0.4) is 0 Å². The molecule has 16 heavy (non-hydrogen) atoms. The van der Waals surface area contributed by atoms with E-state index in [1.54, 1.807) is 6.07 Å². The molecule has 1 aromatic rings. The molecule has 1 N–H and O–H groups in total. The van der Waals surface area contributed by atoms with Gasteiger partial charge in [0.1, 0.15) is 5.15 Å². The first-order valence-electron chi connectivity index (χ1n) is 4.90. The molecule has 0 bridgehead atoms. The number of carboxylic acid groups (broad SMARTS) is 1. The van der Waals surface area contributed by atoms with E-state index in [9.17, 15) is 4.79 Å². The van der Waals surface area contributed by atoms with Crippen LogP contribution >= 0.6 is 11.6 Å². The van der Waals surface area contributed by atoms with E-state index in [-0.39, 0.29) is 10.8 Å². The molecule has 0 radical (unpaired) electrons. The molecule has 1 aliphatic heterocycles. The first-order chi connectivity index (χ1) is 7.66. The fourth-order valence-electron chi connectivity index (χ4n) is 1.60. The monoisotopic (exact) mass is 242 g/mol. The molecule has 2 heterocycles. The van der Waals surface area contributed by atoms with E-state index in [4.69, 9.17) is 21.4 Å². The number of aromatic carboxylic acids is 1. The zero-order valence-corrected chi connectivity index (χ0v) is 9.28. The highest BCUT2D eigenvalue weighted by Gasteiger charge is 2.15. The summed E-state index contributed by atoms with van der Waals surface area (Å²) in [5.41, 5.74) is 0.745. The maximum Gasteiger partial charge on any atom is 0.354 e. The molecule has 1 aromatic heterocycles. The lowest BCUT2D eigenvalue weighted by Gasteiger charge is -2.28. The predicted molar refractivity (Wildman–Crippen MR) is 59.2 cm³/mol. The van der Waals surface area contributed by atoms with Gasteiger partial charge >= 0.3 is 5.97 Å². The summed E-state index contributed by atoms with van der Waals surface area (Å²) >= 11 is 5.78. The van der Waals surface area contributed by atoms with Crippen molar-refractivity contribution in [3.8, 4) is 0 Å². The van der Waals surface area contributed by atoms with Crippen molar-refractivity contribution in [2.24, 2.45) is 0 Å². The number of hydrogen-bond donors (Lipinski definition) is 1. The molecule has 0 atom stereocenters. The molecule has 5 nitrogen and oxygen atoms in total.